The number of alkyl halides is 6. The van der Waals surface area contributed by atoms with Gasteiger partial charge in [-0.05, 0) is 43.1 Å². The van der Waals surface area contributed by atoms with Crippen LogP contribution in [0.4, 0.5) is 26.3 Å². The van der Waals surface area contributed by atoms with Crippen LogP contribution in [-0.4, -0.2) is 6.54 Å². The molecule has 1 fully saturated rings. The normalized spacial score (nSPS) is 19.8. The maximum Gasteiger partial charge on any atom is 0.416 e. The summed E-state index contributed by atoms with van der Waals surface area (Å²) in [7, 11) is 0. The van der Waals surface area contributed by atoms with E-state index >= 15 is 0 Å². The van der Waals surface area contributed by atoms with E-state index in [-0.39, 0.29) is 24.0 Å². The first-order chi connectivity index (χ1) is 8.68. The Morgan fingerprint density at radius 2 is 1.40 bits per heavy atom. The lowest BCUT2D eigenvalue weighted by molar-refractivity contribution is -0.143. The Hall–Kier alpha value is -0.950. The Kier molecular flexibility index (Phi) is 4.97. The summed E-state index contributed by atoms with van der Waals surface area (Å²) in [6.07, 6.45) is -8.29. The Bertz CT molecular complexity index is 430. The van der Waals surface area contributed by atoms with E-state index in [0.29, 0.717) is 13.0 Å². The molecule has 0 aliphatic carbocycles. The molecule has 1 aliphatic rings. The number of benzene rings is 1. The summed E-state index contributed by atoms with van der Waals surface area (Å²) in [4.78, 5) is 0. The summed E-state index contributed by atoms with van der Waals surface area (Å²) in [5.41, 5.74) is -2.48. The van der Waals surface area contributed by atoms with Crippen molar-refractivity contribution in [1.29, 1.82) is 0 Å². The van der Waals surface area contributed by atoms with Gasteiger partial charge in [-0.15, -0.1) is 12.4 Å². The topological polar surface area (TPSA) is 12.0 Å². The van der Waals surface area contributed by atoms with Crippen LogP contribution < -0.4 is 5.32 Å². The minimum absolute atomic E-state index is 0. The van der Waals surface area contributed by atoms with Gasteiger partial charge in [0.05, 0.1) is 11.1 Å². The predicted molar refractivity (Wildman–Crippen MR) is 63.7 cm³/mol. The van der Waals surface area contributed by atoms with E-state index in [0.717, 1.165) is 18.6 Å². The third kappa shape index (κ3) is 3.79. The van der Waals surface area contributed by atoms with Crippen LogP contribution in [0, 0.1) is 0 Å². The molecule has 114 valence electrons. The molecule has 0 amide bonds. The van der Waals surface area contributed by atoms with E-state index in [1.54, 1.807) is 0 Å². The van der Waals surface area contributed by atoms with Crippen LogP contribution in [0.3, 0.4) is 0 Å². The Balaban J connectivity index is 0.00000200. The van der Waals surface area contributed by atoms with Gasteiger partial charge in [0.15, 0.2) is 0 Å². The molecule has 1 saturated heterocycles. The summed E-state index contributed by atoms with van der Waals surface area (Å²) in [5, 5.41) is 2.90. The molecular formula is C12H12ClF6N. The summed E-state index contributed by atoms with van der Waals surface area (Å²) < 4.78 is 75.8. The number of halogens is 7. The standard InChI is InChI=1S/C12H11F6N.ClH/c13-11(14,15)8-4-7(10-2-1-3-19-10)5-9(6-8)12(16,17)18;/h4-6,10,19H,1-3H2;1H/t10-;/m1./s1. The lowest BCUT2D eigenvalue weighted by atomic mass is 9.98. The van der Waals surface area contributed by atoms with Gasteiger partial charge in [0.2, 0.25) is 0 Å². The first-order valence-electron chi connectivity index (χ1n) is 5.71. The molecule has 1 aliphatic heterocycles. The van der Waals surface area contributed by atoms with Gasteiger partial charge in [-0.1, -0.05) is 0 Å². The number of nitrogens with one attached hydrogen (secondary N) is 1. The zero-order valence-corrected chi connectivity index (χ0v) is 10.9. The van der Waals surface area contributed by atoms with Crippen LogP contribution >= 0.6 is 12.4 Å². The predicted octanol–water partition coefficient (Wildman–Crippen LogP) is 4.57. The van der Waals surface area contributed by atoms with Gasteiger partial charge in [0.1, 0.15) is 0 Å². The van der Waals surface area contributed by atoms with Crippen LogP contribution in [0.1, 0.15) is 35.6 Å². The van der Waals surface area contributed by atoms with Crippen molar-refractivity contribution in [2.45, 2.75) is 31.2 Å². The first-order valence-corrected chi connectivity index (χ1v) is 5.71. The molecule has 8 heteroatoms. The highest BCUT2D eigenvalue weighted by molar-refractivity contribution is 5.85. The largest absolute Gasteiger partial charge is 0.416 e. The monoisotopic (exact) mass is 319 g/mol. The molecule has 1 atom stereocenters. The molecule has 0 saturated carbocycles. The maximum absolute atomic E-state index is 12.6. The molecule has 2 rings (SSSR count). The van der Waals surface area contributed by atoms with Crippen LogP contribution in [0.2, 0.25) is 0 Å². The highest BCUT2D eigenvalue weighted by Gasteiger charge is 2.37. The molecule has 0 spiro atoms. The van der Waals surface area contributed by atoms with E-state index in [1.807, 2.05) is 0 Å². The van der Waals surface area contributed by atoms with Crippen molar-refractivity contribution in [2.24, 2.45) is 0 Å². The quantitative estimate of drug-likeness (QED) is 0.748. The van der Waals surface area contributed by atoms with Crippen LogP contribution in [-0.2, 0) is 12.4 Å². The molecule has 1 heterocycles. The third-order valence-corrected chi connectivity index (χ3v) is 3.07. The lowest BCUT2D eigenvalue weighted by Crippen LogP contribution is -2.17. The second-order valence-electron chi connectivity index (χ2n) is 4.49. The molecular weight excluding hydrogens is 308 g/mol. The lowest BCUT2D eigenvalue weighted by Gasteiger charge is -2.17. The third-order valence-electron chi connectivity index (χ3n) is 3.07. The number of hydrogen-bond donors (Lipinski definition) is 1. The van der Waals surface area contributed by atoms with Crippen LogP contribution in [0.15, 0.2) is 18.2 Å². The van der Waals surface area contributed by atoms with Gasteiger partial charge in [-0.2, -0.15) is 26.3 Å². The highest BCUT2D eigenvalue weighted by atomic mass is 35.5. The van der Waals surface area contributed by atoms with Crippen molar-refractivity contribution in [3.8, 4) is 0 Å². The van der Waals surface area contributed by atoms with Crippen molar-refractivity contribution in [2.75, 3.05) is 6.54 Å². The smallest absolute Gasteiger partial charge is 0.310 e. The summed E-state index contributed by atoms with van der Waals surface area (Å²) in [6.45, 7) is 0.599. The van der Waals surface area contributed by atoms with E-state index in [1.165, 1.54) is 0 Å². The first kappa shape index (κ1) is 17.1. The Morgan fingerprint density at radius 3 is 1.75 bits per heavy atom. The van der Waals surface area contributed by atoms with Crippen molar-refractivity contribution < 1.29 is 26.3 Å². The summed E-state index contributed by atoms with van der Waals surface area (Å²) in [5.74, 6) is 0. The molecule has 0 unspecified atom stereocenters. The van der Waals surface area contributed by atoms with E-state index in [9.17, 15) is 26.3 Å². The SMILES string of the molecule is Cl.FC(F)(F)c1cc([C@H]2CCCN2)cc(C(F)(F)F)c1. The molecule has 1 aromatic carbocycles. The van der Waals surface area contributed by atoms with Gasteiger partial charge in [-0.25, -0.2) is 0 Å². The van der Waals surface area contributed by atoms with Gasteiger partial charge < -0.3 is 5.32 Å². The van der Waals surface area contributed by atoms with Gasteiger partial charge in [0, 0.05) is 6.04 Å². The summed E-state index contributed by atoms with van der Waals surface area (Å²) >= 11 is 0. The molecule has 20 heavy (non-hydrogen) atoms. The van der Waals surface area contributed by atoms with Crippen molar-refractivity contribution in [1.82, 2.24) is 5.32 Å². The second kappa shape index (κ2) is 5.81. The molecule has 0 aromatic heterocycles. The van der Waals surface area contributed by atoms with E-state index in [4.69, 9.17) is 0 Å². The fourth-order valence-electron chi connectivity index (χ4n) is 2.15. The molecule has 1 N–H and O–H groups in total. The molecule has 1 nitrogen and oxygen atoms in total. The minimum Gasteiger partial charge on any atom is -0.310 e. The molecule has 0 bridgehead atoms. The second-order valence-corrected chi connectivity index (χ2v) is 4.49. The van der Waals surface area contributed by atoms with Crippen LogP contribution in [0.25, 0.3) is 0 Å². The fourth-order valence-corrected chi connectivity index (χ4v) is 2.15. The molecule has 0 radical (unpaired) electrons. The Morgan fingerprint density at radius 1 is 0.900 bits per heavy atom. The van der Waals surface area contributed by atoms with Crippen molar-refractivity contribution in [3.63, 3.8) is 0 Å². The van der Waals surface area contributed by atoms with E-state index in [2.05, 4.69) is 5.32 Å². The minimum atomic E-state index is -4.78. The van der Waals surface area contributed by atoms with Gasteiger partial charge in [-0.3, -0.25) is 0 Å². The van der Waals surface area contributed by atoms with E-state index < -0.39 is 29.5 Å². The van der Waals surface area contributed by atoms with Crippen molar-refractivity contribution >= 4 is 12.4 Å². The fraction of sp³-hybridized carbons (Fsp3) is 0.500. The Labute approximate surface area is 117 Å². The zero-order chi connectivity index (χ0) is 14.3. The molecule has 1 aromatic rings. The van der Waals surface area contributed by atoms with Crippen LogP contribution in [0.5, 0.6) is 0 Å². The maximum atomic E-state index is 12.6. The highest BCUT2D eigenvalue weighted by Crippen LogP contribution is 2.38. The summed E-state index contributed by atoms with van der Waals surface area (Å²) in [6, 6.07) is 1.29. The van der Waals surface area contributed by atoms with Gasteiger partial charge in [0.25, 0.3) is 0 Å². The average molecular weight is 320 g/mol. The number of hydrogen-bond acceptors (Lipinski definition) is 1. The van der Waals surface area contributed by atoms with Gasteiger partial charge >= 0.3 is 12.4 Å². The zero-order valence-electron chi connectivity index (χ0n) is 10.1. The van der Waals surface area contributed by atoms with Crippen molar-refractivity contribution in [3.05, 3.63) is 34.9 Å². The average Bonchev–Trinajstić information content (AvgIpc) is 2.79. The number of rotatable bonds is 1.